The van der Waals surface area contributed by atoms with Crippen LogP contribution in [0.4, 0.5) is 11.4 Å². The molecule has 0 N–H and O–H groups in total. The Morgan fingerprint density at radius 3 is 2.23 bits per heavy atom. The molecule has 35 heavy (non-hydrogen) atoms. The Labute approximate surface area is 204 Å². The number of carbonyl (C=O) groups is 4. The number of aryl methyl sites for hydroxylation is 2. The molecule has 0 spiro atoms. The molecule has 2 saturated carbocycles. The molecule has 2 bridgehead atoms. The summed E-state index contributed by atoms with van der Waals surface area (Å²) < 4.78 is 5.63. The minimum atomic E-state index is -0.557. The van der Waals surface area contributed by atoms with Gasteiger partial charge in [0.15, 0.2) is 0 Å². The Bertz CT molecular complexity index is 1240. The Morgan fingerprint density at radius 1 is 0.886 bits per heavy atom. The first kappa shape index (κ1) is 22.0. The van der Waals surface area contributed by atoms with E-state index >= 15 is 0 Å². The van der Waals surface area contributed by atoms with E-state index in [0.29, 0.717) is 28.8 Å². The number of carbonyl (C=O) groups excluding carboxylic acids is 4. The Morgan fingerprint density at radius 2 is 1.57 bits per heavy atom. The van der Waals surface area contributed by atoms with Gasteiger partial charge >= 0.3 is 5.97 Å². The summed E-state index contributed by atoms with van der Waals surface area (Å²) >= 11 is 0. The highest BCUT2D eigenvalue weighted by molar-refractivity contribution is 6.23. The first-order valence-corrected chi connectivity index (χ1v) is 12.4. The van der Waals surface area contributed by atoms with Gasteiger partial charge in [-0.1, -0.05) is 18.2 Å². The van der Waals surface area contributed by atoms with Gasteiger partial charge in [-0.05, 0) is 80.3 Å². The molecule has 0 aromatic heterocycles. The van der Waals surface area contributed by atoms with E-state index in [-0.39, 0.29) is 42.5 Å². The molecule has 3 amide bonds. The van der Waals surface area contributed by atoms with Crippen LogP contribution >= 0.6 is 0 Å². The normalized spacial score (nSPS) is 29.3. The molecule has 2 heterocycles. The van der Waals surface area contributed by atoms with E-state index in [4.69, 9.17) is 4.74 Å². The molecular formula is C28H28N2O5. The lowest BCUT2D eigenvalue weighted by Crippen LogP contribution is -2.33. The van der Waals surface area contributed by atoms with Gasteiger partial charge in [0.25, 0.3) is 0 Å². The second-order valence-corrected chi connectivity index (χ2v) is 10.5. The van der Waals surface area contributed by atoms with Crippen LogP contribution in [0.25, 0.3) is 0 Å². The average Bonchev–Trinajstić information content (AvgIpc) is 3.59. The molecular weight excluding hydrogens is 444 g/mol. The highest BCUT2D eigenvalue weighted by atomic mass is 16.5. The molecule has 4 fully saturated rings. The lowest BCUT2D eigenvalue weighted by atomic mass is 9.81. The van der Waals surface area contributed by atoms with E-state index in [9.17, 15) is 19.2 Å². The second kappa shape index (κ2) is 8.04. The number of para-hydroxylation sites is 1. The SMILES string of the molecule is Cc1ccccc1N1C[C@H](C(=O)Oc2ccc(N3C(=O)[C@@H]4[C@H]5CC[C@@H](C5)[C@@H]4C3=O)c(C)c2)CC1=O. The Kier molecular flexibility index (Phi) is 5.06. The van der Waals surface area contributed by atoms with Gasteiger partial charge < -0.3 is 9.64 Å². The summed E-state index contributed by atoms with van der Waals surface area (Å²) in [5.41, 5.74) is 3.05. The summed E-state index contributed by atoms with van der Waals surface area (Å²) in [7, 11) is 0. The third-order valence-electron chi connectivity index (χ3n) is 8.42. The highest BCUT2D eigenvalue weighted by Crippen LogP contribution is 2.56. The van der Waals surface area contributed by atoms with E-state index in [1.54, 1.807) is 23.1 Å². The zero-order chi connectivity index (χ0) is 24.4. The van der Waals surface area contributed by atoms with Crippen LogP contribution < -0.4 is 14.5 Å². The number of benzene rings is 2. The standard InChI is InChI=1S/C28H28N2O5/c1-15-5-3-4-6-21(15)29-14-19(13-23(29)31)28(34)35-20-9-10-22(16(2)11-20)30-26(32)24-17-7-8-18(12-17)25(24)27(30)33/h3-6,9-11,17-19,24-25H,7-8,12-14H2,1-2H3/t17-,18-,19+,24-,25+/m0/s1. The van der Waals surface area contributed by atoms with Gasteiger partial charge in [0, 0.05) is 18.7 Å². The molecule has 4 aliphatic rings. The van der Waals surface area contributed by atoms with Gasteiger partial charge in [-0.2, -0.15) is 0 Å². The van der Waals surface area contributed by atoms with E-state index in [2.05, 4.69) is 0 Å². The minimum absolute atomic E-state index is 0.0826. The van der Waals surface area contributed by atoms with Crippen molar-refractivity contribution in [1.29, 1.82) is 0 Å². The molecule has 7 heteroatoms. The van der Waals surface area contributed by atoms with E-state index in [0.717, 1.165) is 30.5 Å². The predicted octanol–water partition coefficient (Wildman–Crippen LogP) is 3.80. The zero-order valence-corrected chi connectivity index (χ0v) is 19.9. The summed E-state index contributed by atoms with van der Waals surface area (Å²) in [5.74, 6) is -0.610. The molecule has 2 aliphatic carbocycles. The largest absolute Gasteiger partial charge is 0.426 e. The lowest BCUT2D eigenvalue weighted by molar-refractivity contribution is -0.139. The fraction of sp³-hybridized carbons (Fsp3) is 0.429. The molecule has 2 aromatic rings. The fourth-order valence-corrected chi connectivity index (χ4v) is 6.75. The van der Waals surface area contributed by atoms with Crippen LogP contribution in [0.2, 0.25) is 0 Å². The monoisotopic (exact) mass is 472 g/mol. The van der Waals surface area contributed by atoms with Gasteiger partial charge in [-0.3, -0.25) is 19.2 Å². The number of hydrogen-bond acceptors (Lipinski definition) is 5. The predicted molar refractivity (Wildman–Crippen MR) is 129 cm³/mol. The number of nitrogens with zero attached hydrogens (tertiary/aromatic N) is 2. The maximum atomic E-state index is 13.2. The molecule has 2 aliphatic heterocycles. The van der Waals surface area contributed by atoms with Crippen molar-refractivity contribution in [2.24, 2.45) is 29.6 Å². The van der Waals surface area contributed by atoms with Crippen LogP contribution in [0.3, 0.4) is 0 Å². The van der Waals surface area contributed by atoms with Crippen LogP contribution in [-0.4, -0.2) is 30.2 Å². The zero-order valence-electron chi connectivity index (χ0n) is 19.9. The summed E-state index contributed by atoms with van der Waals surface area (Å²) in [6, 6.07) is 12.6. The molecule has 2 saturated heterocycles. The summed E-state index contributed by atoms with van der Waals surface area (Å²) in [5, 5.41) is 0. The van der Waals surface area contributed by atoms with Crippen molar-refractivity contribution in [3.63, 3.8) is 0 Å². The number of anilines is 2. The van der Waals surface area contributed by atoms with Gasteiger partial charge in [0.1, 0.15) is 5.75 Å². The van der Waals surface area contributed by atoms with Crippen molar-refractivity contribution in [3.8, 4) is 5.75 Å². The van der Waals surface area contributed by atoms with E-state index in [1.165, 1.54) is 4.90 Å². The molecule has 180 valence electrons. The smallest absolute Gasteiger partial charge is 0.316 e. The van der Waals surface area contributed by atoms with Crippen molar-refractivity contribution < 1.29 is 23.9 Å². The van der Waals surface area contributed by atoms with Crippen molar-refractivity contribution in [1.82, 2.24) is 0 Å². The van der Waals surface area contributed by atoms with Gasteiger partial charge in [-0.15, -0.1) is 0 Å². The number of rotatable bonds is 4. The van der Waals surface area contributed by atoms with Gasteiger partial charge in [0.2, 0.25) is 17.7 Å². The fourth-order valence-electron chi connectivity index (χ4n) is 6.75. The number of fused-ring (bicyclic) bond motifs is 5. The number of esters is 1. The van der Waals surface area contributed by atoms with Crippen LogP contribution in [0.1, 0.15) is 36.8 Å². The molecule has 0 unspecified atom stereocenters. The first-order chi connectivity index (χ1) is 16.8. The van der Waals surface area contributed by atoms with Gasteiger partial charge in [-0.25, -0.2) is 4.90 Å². The van der Waals surface area contributed by atoms with Crippen molar-refractivity contribution in [2.45, 2.75) is 39.5 Å². The summed E-state index contributed by atoms with van der Waals surface area (Å²) in [6.07, 6.45) is 3.18. The summed E-state index contributed by atoms with van der Waals surface area (Å²) in [4.78, 5) is 54.8. The van der Waals surface area contributed by atoms with Crippen molar-refractivity contribution in [2.75, 3.05) is 16.3 Å². The molecule has 6 rings (SSSR count). The topological polar surface area (TPSA) is 84.0 Å². The maximum absolute atomic E-state index is 13.2. The molecule has 0 radical (unpaired) electrons. The van der Waals surface area contributed by atoms with E-state index in [1.807, 2.05) is 38.1 Å². The summed E-state index contributed by atoms with van der Waals surface area (Å²) in [6.45, 7) is 4.03. The Balaban J connectivity index is 1.16. The highest BCUT2D eigenvalue weighted by Gasteiger charge is 2.61. The number of hydrogen-bond donors (Lipinski definition) is 0. The van der Waals surface area contributed by atoms with E-state index < -0.39 is 11.9 Å². The van der Waals surface area contributed by atoms with Crippen molar-refractivity contribution in [3.05, 3.63) is 53.6 Å². The van der Waals surface area contributed by atoms with Crippen LogP contribution in [0.5, 0.6) is 5.75 Å². The number of amides is 3. The van der Waals surface area contributed by atoms with Gasteiger partial charge in [0.05, 0.1) is 23.4 Å². The quantitative estimate of drug-likeness (QED) is 0.384. The average molecular weight is 473 g/mol. The molecule has 7 nitrogen and oxygen atoms in total. The third-order valence-corrected chi connectivity index (χ3v) is 8.42. The molecule has 2 aromatic carbocycles. The second-order valence-electron chi connectivity index (χ2n) is 10.5. The maximum Gasteiger partial charge on any atom is 0.316 e. The van der Waals surface area contributed by atoms with Crippen LogP contribution in [0, 0.1) is 43.4 Å². The lowest BCUT2D eigenvalue weighted by Gasteiger charge is -2.20. The van der Waals surface area contributed by atoms with Crippen LogP contribution in [-0.2, 0) is 19.2 Å². The Hall–Kier alpha value is -3.48. The van der Waals surface area contributed by atoms with Crippen molar-refractivity contribution >= 4 is 35.1 Å². The third kappa shape index (κ3) is 3.39. The number of imide groups is 1. The number of ether oxygens (including phenoxy) is 1. The first-order valence-electron chi connectivity index (χ1n) is 12.4. The van der Waals surface area contributed by atoms with Crippen LogP contribution in [0.15, 0.2) is 42.5 Å². The molecule has 5 atom stereocenters. The minimum Gasteiger partial charge on any atom is -0.426 e.